The van der Waals surface area contributed by atoms with Gasteiger partial charge in [-0.05, 0) is 18.6 Å². The Morgan fingerprint density at radius 1 is 1.16 bits per heavy atom. The molecule has 0 saturated heterocycles. The Bertz CT molecular complexity index is 465. The zero-order valence-corrected chi connectivity index (χ0v) is 11.3. The van der Waals surface area contributed by atoms with Gasteiger partial charge in [-0.2, -0.15) is 0 Å². The molecule has 1 N–H and O–H groups in total. The molecule has 104 valence electrons. The van der Waals surface area contributed by atoms with Crippen LogP contribution in [0.3, 0.4) is 0 Å². The van der Waals surface area contributed by atoms with Crippen LogP contribution in [0.15, 0.2) is 18.2 Å². The highest BCUT2D eigenvalue weighted by molar-refractivity contribution is 5.68. The van der Waals surface area contributed by atoms with Gasteiger partial charge < -0.3 is 19.3 Å². The topological polar surface area (TPSA) is 65.0 Å². The van der Waals surface area contributed by atoms with Crippen LogP contribution in [0.1, 0.15) is 18.4 Å². The molecule has 0 amide bonds. The minimum absolute atomic E-state index is 0.103. The van der Waals surface area contributed by atoms with Crippen molar-refractivity contribution in [1.82, 2.24) is 0 Å². The first-order chi connectivity index (χ1) is 9.13. The summed E-state index contributed by atoms with van der Waals surface area (Å²) in [6.07, 6.45) is 4.17. The van der Waals surface area contributed by atoms with Crippen LogP contribution in [-0.4, -0.2) is 32.4 Å². The third-order valence-corrected chi connectivity index (χ3v) is 2.56. The first-order valence-corrected chi connectivity index (χ1v) is 5.81. The zero-order chi connectivity index (χ0) is 14.3. The average molecular weight is 266 g/mol. The molecule has 0 aromatic heterocycles. The van der Waals surface area contributed by atoms with Crippen LogP contribution in [0, 0.1) is 0 Å². The van der Waals surface area contributed by atoms with Crippen LogP contribution in [0.5, 0.6) is 17.2 Å². The fraction of sp³-hybridized carbons (Fsp3) is 0.357. The number of methoxy groups -OCH3 is 3. The van der Waals surface area contributed by atoms with E-state index in [1.54, 1.807) is 26.4 Å². The van der Waals surface area contributed by atoms with Crippen LogP contribution in [0.4, 0.5) is 0 Å². The normalized spacial score (nSPS) is 10.5. The predicted molar refractivity (Wildman–Crippen MR) is 72.0 cm³/mol. The van der Waals surface area contributed by atoms with Crippen molar-refractivity contribution in [3.63, 3.8) is 0 Å². The quantitative estimate of drug-likeness (QED) is 0.821. The fourth-order valence-corrected chi connectivity index (χ4v) is 1.67. The highest BCUT2D eigenvalue weighted by Gasteiger charge is 2.13. The van der Waals surface area contributed by atoms with Crippen LogP contribution in [-0.2, 0) is 4.79 Å². The van der Waals surface area contributed by atoms with Gasteiger partial charge in [0.2, 0.25) is 5.75 Å². The molecule has 0 fully saturated rings. The molecular weight excluding hydrogens is 248 g/mol. The van der Waals surface area contributed by atoms with Crippen molar-refractivity contribution in [2.24, 2.45) is 0 Å². The molecule has 0 atom stereocenters. The van der Waals surface area contributed by atoms with E-state index in [1.807, 2.05) is 12.1 Å². The number of carboxylic acids is 1. The van der Waals surface area contributed by atoms with E-state index < -0.39 is 5.97 Å². The van der Waals surface area contributed by atoms with Gasteiger partial charge in [0.1, 0.15) is 0 Å². The molecule has 0 aliphatic rings. The van der Waals surface area contributed by atoms with E-state index in [0.29, 0.717) is 23.7 Å². The van der Waals surface area contributed by atoms with E-state index in [-0.39, 0.29) is 6.42 Å². The maximum atomic E-state index is 10.4. The summed E-state index contributed by atoms with van der Waals surface area (Å²) in [5.41, 5.74) is 0.811. The lowest BCUT2D eigenvalue weighted by molar-refractivity contribution is -0.136. The number of hydrogen-bond donors (Lipinski definition) is 1. The summed E-state index contributed by atoms with van der Waals surface area (Å²) in [6.45, 7) is 0. The van der Waals surface area contributed by atoms with Gasteiger partial charge in [0.15, 0.2) is 11.5 Å². The maximum absolute atomic E-state index is 10.4. The average Bonchev–Trinajstić information content (AvgIpc) is 2.42. The molecule has 5 nitrogen and oxygen atoms in total. The highest BCUT2D eigenvalue weighted by atomic mass is 16.5. The summed E-state index contributed by atoms with van der Waals surface area (Å²) >= 11 is 0. The smallest absolute Gasteiger partial charge is 0.303 e. The SMILES string of the molecule is COc1ccc(/C=C/CCC(=O)O)c(OC)c1OC. The highest BCUT2D eigenvalue weighted by Crippen LogP contribution is 2.40. The number of hydrogen-bond acceptors (Lipinski definition) is 4. The summed E-state index contributed by atoms with van der Waals surface area (Å²) in [6, 6.07) is 3.61. The summed E-state index contributed by atoms with van der Waals surface area (Å²) in [7, 11) is 4.64. The molecule has 0 spiro atoms. The largest absolute Gasteiger partial charge is 0.493 e. The predicted octanol–water partition coefficient (Wildman–Crippen LogP) is 2.59. The number of allylic oxidation sites excluding steroid dienone is 1. The van der Waals surface area contributed by atoms with Crippen molar-refractivity contribution < 1.29 is 24.1 Å². The van der Waals surface area contributed by atoms with E-state index in [1.165, 1.54) is 7.11 Å². The van der Waals surface area contributed by atoms with Crippen LogP contribution >= 0.6 is 0 Å². The second-order valence-corrected chi connectivity index (χ2v) is 3.76. The van der Waals surface area contributed by atoms with Gasteiger partial charge in [-0.3, -0.25) is 4.79 Å². The van der Waals surface area contributed by atoms with Crippen molar-refractivity contribution in [3.05, 3.63) is 23.8 Å². The van der Waals surface area contributed by atoms with E-state index in [2.05, 4.69) is 0 Å². The monoisotopic (exact) mass is 266 g/mol. The first kappa shape index (κ1) is 14.9. The molecule has 0 aliphatic carbocycles. The van der Waals surface area contributed by atoms with E-state index in [4.69, 9.17) is 19.3 Å². The van der Waals surface area contributed by atoms with Gasteiger partial charge in [-0.1, -0.05) is 12.2 Å². The Balaban J connectivity index is 2.98. The molecule has 0 heterocycles. The Labute approximate surface area is 112 Å². The number of rotatable bonds is 7. The van der Waals surface area contributed by atoms with E-state index in [9.17, 15) is 4.79 Å². The Morgan fingerprint density at radius 3 is 2.37 bits per heavy atom. The number of carbonyl (C=O) groups is 1. The third kappa shape index (κ3) is 3.91. The molecular formula is C14H18O5. The molecule has 1 rings (SSSR count). The molecule has 0 unspecified atom stereocenters. The molecule has 1 aromatic carbocycles. The van der Waals surface area contributed by atoms with Gasteiger partial charge in [0.25, 0.3) is 0 Å². The second-order valence-electron chi connectivity index (χ2n) is 3.76. The first-order valence-electron chi connectivity index (χ1n) is 5.81. The van der Waals surface area contributed by atoms with Crippen molar-refractivity contribution in [2.45, 2.75) is 12.8 Å². The molecule has 0 saturated carbocycles. The molecule has 19 heavy (non-hydrogen) atoms. The fourth-order valence-electron chi connectivity index (χ4n) is 1.67. The number of aliphatic carboxylic acids is 1. The van der Waals surface area contributed by atoms with Crippen molar-refractivity contribution in [3.8, 4) is 17.2 Å². The van der Waals surface area contributed by atoms with E-state index >= 15 is 0 Å². The van der Waals surface area contributed by atoms with Crippen LogP contribution in [0.2, 0.25) is 0 Å². The van der Waals surface area contributed by atoms with Crippen molar-refractivity contribution >= 4 is 12.0 Å². The molecule has 0 aliphatic heterocycles. The van der Waals surface area contributed by atoms with Gasteiger partial charge in [-0.15, -0.1) is 0 Å². The Hall–Kier alpha value is -2.17. The Morgan fingerprint density at radius 2 is 1.84 bits per heavy atom. The van der Waals surface area contributed by atoms with Crippen LogP contribution < -0.4 is 14.2 Å². The molecule has 1 aromatic rings. The number of benzene rings is 1. The number of carboxylic acid groups (broad SMARTS) is 1. The van der Waals surface area contributed by atoms with Crippen molar-refractivity contribution in [1.29, 1.82) is 0 Å². The van der Waals surface area contributed by atoms with Gasteiger partial charge in [0, 0.05) is 12.0 Å². The lowest BCUT2D eigenvalue weighted by Crippen LogP contribution is -1.96. The van der Waals surface area contributed by atoms with E-state index in [0.717, 1.165) is 5.56 Å². The molecule has 0 bridgehead atoms. The molecule has 5 heteroatoms. The lowest BCUT2D eigenvalue weighted by Gasteiger charge is -2.13. The third-order valence-electron chi connectivity index (χ3n) is 2.56. The number of ether oxygens (including phenoxy) is 3. The van der Waals surface area contributed by atoms with Gasteiger partial charge in [0.05, 0.1) is 21.3 Å². The summed E-state index contributed by atoms with van der Waals surface area (Å²) in [5.74, 6) is 0.852. The summed E-state index contributed by atoms with van der Waals surface area (Å²) < 4.78 is 15.8. The second kappa shape index (κ2) is 7.31. The summed E-state index contributed by atoms with van der Waals surface area (Å²) in [5, 5.41) is 8.57. The zero-order valence-electron chi connectivity index (χ0n) is 11.3. The minimum atomic E-state index is -0.816. The summed E-state index contributed by atoms with van der Waals surface area (Å²) in [4.78, 5) is 10.4. The maximum Gasteiger partial charge on any atom is 0.303 e. The minimum Gasteiger partial charge on any atom is -0.493 e. The van der Waals surface area contributed by atoms with Gasteiger partial charge in [-0.25, -0.2) is 0 Å². The van der Waals surface area contributed by atoms with Gasteiger partial charge >= 0.3 is 5.97 Å². The lowest BCUT2D eigenvalue weighted by atomic mass is 10.1. The van der Waals surface area contributed by atoms with Crippen molar-refractivity contribution in [2.75, 3.05) is 21.3 Å². The Kier molecular flexibility index (Phi) is 5.73. The van der Waals surface area contributed by atoms with Crippen LogP contribution in [0.25, 0.3) is 6.08 Å². The standard InChI is InChI=1S/C14H18O5/c1-17-11-9-8-10(6-4-5-7-12(15)16)13(18-2)14(11)19-3/h4,6,8-9H,5,7H2,1-3H3,(H,15,16)/b6-4+. The molecule has 0 radical (unpaired) electrons.